The third-order valence-corrected chi connectivity index (χ3v) is 6.35. The smallest absolute Gasteiger partial charge is 0.315 e. The van der Waals surface area contributed by atoms with Crippen molar-refractivity contribution in [2.45, 2.75) is 51.3 Å². The van der Waals surface area contributed by atoms with Crippen LogP contribution in [0.1, 0.15) is 49.8 Å². The van der Waals surface area contributed by atoms with E-state index in [9.17, 15) is 4.79 Å². The molecule has 7 heteroatoms. The molecule has 2 N–H and O–H groups in total. The second-order valence-electron chi connectivity index (χ2n) is 8.64. The van der Waals surface area contributed by atoms with Gasteiger partial charge in [-0.1, -0.05) is 35.9 Å². The Kier molecular flexibility index (Phi) is 7.30. The van der Waals surface area contributed by atoms with Gasteiger partial charge in [0.05, 0.1) is 6.04 Å². The van der Waals surface area contributed by atoms with Gasteiger partial charge >= 0.3 is 6.03 Å². The fourth-order valence-corrected chi connectivity index (χ4v) is 4.26. The normalized spacial score (nSPS) is 18.4. The van der Waals surface area contributed by atoms with E-state index in [1.165, 1.54) is 19.4 Å². The number of carbonyl (C=O) groups is 1. The number of hydrogen-bond acceptors (Lipinski definition) is 4. The van der Waals surface area contributed by atoms with E-state index < -0.39 is 0 Å². The van der Waals surface area contributed by atoms with Crippen molar-refractivity contribution in [1.82, 2.24) is 20.5 Å². The molecule has 2 heterocycles. The van der Waals surface area contributed by atoms with Crippen LogP contribution >= 0.6 is 11.6 Å². The molecular weight excluding hydrogens is 412 g/mol. The minimum atomic E-state index is -0.245. The van der Waals surface area contributed by atoms with Gasteiger partial charge in [-0.25, -0.2) is 9.78 Å². The Bertz CT molecular complexity index is 864. The molecule has 1 atom stereocenters. The summed E-state index contributed by atoms with van der Waals surface area (Å²) in [6, 6.07) is 10.9. The maximum Gasteiger partial charge on any atom is 0.315 e. The second kappa shape index (κ2) is 10.3. The van der Waals surface area contributed by atoms with Crippen molar-refractivity contribution < 1.29 is 9.53 Å². The van der Waals surface area contributed by atoms with Gasteiger partial charge < -0.3 is 20.3 Å². The zero-order valence-corrected chi connectivity index (χ0v) is 18.8. The van der Waals surface area contributed by atoms with E-state index in [1.54, 1.807) is 6.20 Å². The molecule has 2 aliphatic rings. The van der Waals surface area contributed by atoms with Gasteiger partial charge in [0.1, 0.15) is 6.10 Å². The van der Waals surface area contributed by atoms with E-state index >= 15 is 0 Å². The first kappa shape index (κ1) is 21.9. The number of hydrogen-bond donors (Lipinski definition) is 2. The van der Waals surface area contributed by atoms with Crippen molar-refractivity contribution in [2.24, 2.45) is 5.92 Å². The monoisotopic (exact) mass is 442 g/mol. The first-order valence-electron chi connectivity index (χ1n) is 11.2. The number of nitrogens with one attached hydrogen (secondary N) is 2. The van der Waals surface area contributed by atoms with Gasteiger partial charge in [0.25, 0.3) is 0 Å². The van der Waals surface area contributed by atoms with Gasteiger partial charge in [-0.2, -0.15) is 0 Å². The molecule has 1 saturated carbocycles. The highest BCUT2D eigenvalue weighted by molar-refractivity contribution is 6.31. The van der Waals surface area contributed by atoms with Crippen molar-refractivity contribution in [3.63, 3.8) is 0 Å². The molecule has 166 valence electrons. The van der Waals surface area contributed by atoms with Gasteiger partial charge in [0.2, 0.25) is 5.88 Å². The van der Waals surface area contributed by atoms with E-state index in [4.69, 9.17) is 16.3 Å². The molecule has 0 unspecified atom stereocenters. The number of urea groups is 1. The maximum atomic E-state index is 12.2. The highest BCUT2D eigenvalue weighted by Crippen LogP contribution is 2.31. The maximum absolute atomic E-state index is 12.2. The topological polar surface area (TPSA) is 66.5 Å². The van der Waals surface area contributed by atoms with Crippen molar-refractivity contribution in [3.05, 3.63) is 58.7 Å². The molecule has 4 rings (SSSR count). The SMILES string of the molecule is C[C@H](NC(=O)NCc1ccc(OC2CCN(CC3CC3)CC2)nc1)c1ccccc1Cl. The molecule has 0 spiro atoms. The lowest BCUT2D eigenvalue weighted by molar-refractivity contribution is 0.0944. The zero-order valence-electron chi connectivity index (χ0n) is 18.0. The lowest BCUT2D eigenvalue weighted by Gasteiger charge is -2.31. The van der Waals surface area contributed by atoms with Crippen molar-refractivity contribution in [2.75, 3.05) is 19.6 Å². The van der Waals surface area contributed by atoms with Gasteiger partial charge in [-0.3, -0.25) is 0 Å². The fourth-order valence-electron chi connectivity index (χ4n) is 3.97. The minimum Gasteiger partial charge on any atom is -0.474 e. The van der Waals surface area contributed by atoms with E-state index in [0.29, 0.717) is 17.4 Å². The van der Waals surface area contributed by atoms with Gasteiger partial charge in [-0.05, 0) is 55.7 Å². The third kappa shape index (κ3) is 6.58. The number of amides is 2. The average Bonchev–Trinajstić information content (AvgIpc) is 3.59. The first-order valence-corrected chi connectivity index (χ1v) is 11.6. The van der Waals surface area contributed by atoms with Crippen LogP contribution < -0.4 is 15.4 Å². The molecule has 2 amide bonds. The summed E-state index contributed by atoms with van der Waals surface area (Å²) >= 11 is 6.20. The van der Waals surface area contributed by atoms with E-state index in [2.05, 4.69) is 20.5 Å². The molecular formula is C24H31ClN4O2. The lowest BCUT2D eigenvalue weighted by Crippen LogP contribution is -2.39. The molecule has 1 aliphatic carbocycles. The van der Waals surface area contributed by atoms with Crippen LogP contribution in [-0.2, 0) is 6.54 Å². The third-order valence-electron chi connectivity index (χ3n) is 6.01. The van der Waals surface area contributed by atoms with Crippen LogP contribution in [0.4, 0.5) is 4.79 Å². The summed E-state index contributed by atoms with van der Waals surface area (Å²) in [4.78, 5) is 19.2. The van der Waals surface area contributed by atoms with Crippen LogP contribution in [0.2, 0.25) is 5.02 Å². The summed E-state index contributed by atoms with van der Waals surface area (Å²) < 4.78 is 6.07. The molecule has 6 nitrogen and oxygen atoms in total. The van der Waals surface area contributed by atoms with Crippen LogP contribution in [0, 0.1) is 5.92 Å². The Labute approximate surface area is 189 Å². The number of pyridine rings is 1. The van der Waals surface area contributed by atoms with Crippen LogP contribution in [-0.4, -0.2) is 41.7 Å². The number of nitrogens with zero attached hydrogens (tertiary/aromatic N) is 2. The Hall–Kier alpha value is -2.31. The summed E-state index contributed by atoms with van der Waals surface area (Å²) in [5, 5.41) is 6.42. The Morgan fingerprint density at radius 2 is 1.97 bits per heavy atom. The predicted octanol–water partition coefficient (Wildman–Crippen LogP) is 4.55. The summed E-state index contributed by atoms with van der Waals surface area (Å²) in [5.41, 5.74) is 1.81. The Morgan fingerprint density at radius 3 is 2.65 bits per heavy atom. The molecule has 2 aromatic rings. The largest absolute Gasteiger partial charge is 0.474 e. The quantitative estimate of drug-likeness (QED) is 0.629. The first-order chi connectivity index (χ1) is 15.1. The predicted molar refractivity (Wildman–Crippen MR) is 122 cm³/mol. The van der Waals surface area contributed by atoms with Crippen molar-refractivity contribution >= 4 is 17.6 Å². The zero-order chi connectivity index (χ0) is 21.6. The fraction of sp³-hybridized carbons (Fsp3) is 0.500. The molecule has 0 bridgehead atoms. The Morgan fingerprint density at radius 1 is 1.19 bits per heavy atom. The van der Waals surface area contributed by atoms with E-state index in [-0.39, 0.29) is 18.2 Å². The van der Waals surface area contributed by atoms with Crippen molar-refractivity contribution in [3.8, 4) is 5.88 Å². The van der Waals surface area contributed by atoms with Gasteiger partial charge in [-0.15, -0.1) is 0 Å². The van der Waals surface area contributed by atoms with Crippen LogP contribution in [0.3, 0.4) is 0 Å². The minimum absolute atomic E-state index is 0.182. The molecule has 0 radical (unpaired) electrons. The highest BCUT2D eigenvalue weighted by atomic mass is 35.5. The number of aromatic nitrogens is 1. The highest BCUT2D eigenvalue weighted by Gasteiger charge is 2.27. The molecule has 1 aliphatic heterocycles. The van der Waals surface area contributed by atoms with Crippen LogP contribution in [0.25, 0.3) is 0 Å². The molecule has 1 aromatic carbocycles. The molecule has 2 fully saturated rings. The average molecular weight is 443 g/mol. The molecule has 1 aromatic heterocycles. The number of ether oxygens (including phenoxy) is 1. The lowest BCUT2D eigenvalue weighted by atomic mass is 10.1. The Balaban J connectivity index is 1.18. The number of likely N-dealkylation sites (tertiary alicyclic amines) is 1. The molecule has 1 saturated heterocycles. The van der Waals surface area contributed by atoms with Crippen LogP contribution in [0.5, 0.6) is 5.88 Å². The van der Waals surface area contributed by atoms with Crippen molar-refractivity contribution in [1.29, 1.82) is 0 Å². The van der Waals surface area contributed by atoms with Crippen LogP contribution in [0.15, 0.2) is 42.6 Å². The van der Waals surface area contributed by atoms with E-state index in [0.717, 1.165) is 43.0 Å². The number of piperidine rings is 1. The number of rotatable bonds is 8. The summed E-state index contributed by atoms with van der Waals surface area (Å²) in [6.45, 7) is 5.80. The summed E-state index contributed by atoms with van der Waals surface area (Å²) in [6.07, 6.45) is 6.93. The molecule has 31 heavy (non-hydrogen) atoms. The number of halogens is 1. The summed E-state index contributed by atoms with van der Waals surface area (Å²) in [5.74, 6) is 1.60. The number of benzene rings is 1. The number of carbonyl (C=O) groups excluding carboxylic acids is 1. The summed E-state index contributed by atoms with van der Waals surface area (Å²) in [7, 11) is 0. The second-order valence-corrected chi connectivity index (χ2v) is 9.04. The standard InChI is InChI=1S/C24H31ClN4O2/c1-17(21-4-2-3-5-22(21)25)28-24(30)27-15-19-8-9-23(26-14-19)31-20-10-12-29(13-11-20)16-18-6-7-18/h2-5,8-9,14,17-18,20H,6-7,10-13,15-16H2,1H3,(H2,27,28,30)/t17-/m0/s1. The van der Waals surface area contributed by atoms with E-state index in [1.807, 2.05) is 43.3 Å². The van der Waals surface area contributed by atoms with Gasteiger partial charge in [0.15, 0.2) is 0 Å². The van der Waals surface area contributed by atoms with Gasteiger partial charge in [0, 0.05) is 43.5 Å².